The zero-order valence-electron chi connectivity index (χ0n) is 66.7. The maximum Gasteiger partial charge on any atom is 0.304 e. The molecule has 0 fully saturated rings. The van der Waals surface area contributed by atoms with Crippen LogP contribution in [-0.4, -0.2) is 121 Å². The van der Waals surface area contributed by atoms with Gasteiger partial charge in [-0.15, -0.1) is 19.6 Å². The van der Waals surface area contributed by atoms with Crippen LogP contribution >= 0.6 is 0 Å². The molecule has 0 spiro atoms. The molecule has 6 unspecified atom stereocenters. The van der Waals surface area contributed by atoms with E-state index in [-0.39, 0.29) is 42.9 Å². The number of hydrogen-bond donors (Lipinski definition) is 6. The van der Waals surface area contributed by atoms with Crippen LogP contribution in [0.2, 0.25) is 0 Å². The number of H-pyrrole nitrogens is 2. The first-order valence-electron chi connectivity index (χ1n) is 38.9. The second kappa shape index (κ2) is 33.0. The van der Waals surface area contributed by atoms with Crippen LogP contribution in [0.25, 0.3) is 43.6 Å². The van der Waals surface area contributed by atoms with Gasteiger partial charge in [0.05, 0.1) is 47.8 Å². The third-order valence-electron chi connectivity index (χ3n) is 25.1. The van der Waals surface area contributed by atoms with E-state index < -0.39 is 90.9 Å². The Kier molecular flexibility index (Phi) is 25.1. The van der Waals surface area contributed by atoms with E-state index >= 15 is 0 Å². The zero-order chi connectivity index (χ0) is 82.8. The summed E-state index contributed by atoms with van der Waals surface area (Å²) in [6.07, 6.45) is 13.3. The highest BCUT2D eigenvalue weighted by molar-refractivity contribution is 6.22. The SMILES string of the molecule is CCC1(CC(=O)O)CCCc2c1[nH]c1c(C(=O)C(C)(C)N=O)cccc21.CCC1(CC(=O)O)CCCc2c1[nH]c1c(C(=O)C(C)(N=O)C(C)=O)cccc21.CCc1cccc2c3c(n(C(=O)C(C)(C)N=O)c12)C(CC)(CC(=O)O)CCC3.CCc1cccc2c3c(n(C(=O)C(C)(N=O)C(C)=O)c12)C(CC)(CC(=O)O)CCC3. The van der Waals surface area contributed by atoms with Gasteiger partial charge in [0.15, 0.2) is 28.4 Å². The van der Waals surface area contributed by atoms with Gasteiger partial charge >= 0.3 is 23.9 Å². The van der Waals surface area contributed by atoms with E-state index in [4.69, 9.17) is 0 Å². The van der Waals surface area contributed by atoms with Gasteiger partial charge in [-0.2, -0.15) is 0 Å². The molecule has 0 aliphatic heterocycles. The van der Waals surface area contributed by atoms with E-state index in [1.54, 1.807) is 22.8 Å². The lowest BCUT2D eigenvalue weighted by Gasteiger charge is -2.37. The van der Waals surface area contributed by atoms with Gasteiger partial charge < -0.3 is 30.4 Å². The molecule has 0 saturated carbocycles. The van der Waals surface area contributed by atoms with Crippen molar-refractivity contribution in [1.29, 1.82) is 0 Å². The van der Waals surface area contributed by atoms with Gasteiger partial charge in [0, 0.05) is 77.1 Å². The lowest BCUT2D eigenvalue weighted by atomic mass is 9.69. The molecule has 0 bridgehead atoms. The number of para-hydroxylation sites is 4. The Hall–Kier alpha value is -10.7. The maximum atomic E-state index is 13.7. The molecule has 8 aromatic rings. The van der Waals surface area contributed by atoms with Gasteiger partial charge in [-0.25, -0.2) is 0 Å². The van der Waals surface area contributed by atoms with Crippen LogP contribution in [-0.2, 0) is 89.0 Å². The van der Waals surface area contributed by atoms with Gasteiger partial charge in [-0.1, -0.05) is 113 Å². The molecular formula is C86H104N8O18. The Morgan fingerprint density at radius 2 is 0.723 bits per heavy atom. The second-order valence-corrected chi connectivity index (χ2v) is 32.3. The average molecular weight is 1540 g/mol. The normalized spacial score (nSPS) is 20.2. The smallest absolute Gasteiger partial charge is 0.304 e. The molecule has 596 valence electrons. The number of rotatable bonds is 26. The van der Waals surface area contributed by atoms with Crippen molar-refractivity contribution in [3.8, 4) is 0 Å². The topological polar surface area (TPSA) is 411 Å². The quantitative estimate of drug-likeness (QED) is 0.0167. The lowest BCUT2D eigenvalue weighted by molar-refractivity contribution is -0.139. The summed E-state index contributed by atoms with van der Waals surface area (Å²) in [5.74, 6) is -6.83. The molecular weight excluding hydrogens is 1430 g/mol. The lowest BCUT2D eigenvalue weighted by Crippen LogP contribution is -2.46. The van der Waals surface area contributed by atoms with E-state index in [1.165, 1.54) is 60.0 Å². The summed E-state index contributed by atoms with van der Waals surface area (Å²) in [6.45, 7) is 22.8. The summed E-state index contributed by atoms with van der Waals surface area (Å²) in [6, 6.07) is 22.4. The number of aromatic nitrogens is 4. The molecule has 6 atom stereocenters. The third-order valence-corrected chi connectivity index (χ3v) is 25.1. The number of aryl methyl sites for hydroxylation is 6. The highest BCUT2D eigenvalue weighted by atomic mass is 16.4. The molecule has 0 amide bonds. The molecule has 26 nitrogen and oxygen atoms in total. The van der Waals surface area contributed by atoms with Gasteiger partial charge in [0.1, 0.15) is 0 Å². The minimum atomic E-state index is -2.07. The number of Topliss-reactive ketones (excluding diaryl/α,β-unsaturated/α-hetero) is 4. The Morgan fingerprint density at radius 1 is 0.402 bits per heavy atom. The van der Waals surface area contributed by atoms with Crippen LogP contribution in [0, 0.1) is 19.6 Å². The summed E-state index contributed by atoms with van der Waals surface area (Å²) in [4.78, 5) is 176. The number of nitroso groups, excluding NO2 is 4. The largest absolute Gasteiger partial charge is 0.481 e. The number of carbonyl (C=O) groups is 10. The molecule has 0 radical (unpaired) electrons. The summed E-state index contributed by atoms with van der Waals surface area (Å²) < 4.78 is 3.12. The molecule has 0 saturated heterocycles. The molecule has 4 aliphatic carbocycles. The number of ketones is 4. The van der Waals surface area contributed by atoms with Crippen molar-refractivity contribution in [2.24, 2.45) is 20.7 Å². The number of nitrogens with zero attached hydrogens (tertiary/aromatic N) is 6. The Balaban J connectivity index is 0.000000172. The molecule has 4 heterocycles. The van der Waals surface area contributed by atoms with Crippen LogP contribution in [0.5, 0.6) is 0 Å². The first kappa shape index (κ1) is 85.3. The molecule has 4 aliphatic rings. The molecule has 26 heteroatoms. The van der Waals surface area contributed by atoms with Crippen LogP contribution in [0.3, 0.4) is 0 Å². The standard InChI is InChI=1S/C23H28N2O5.C22H28N2O4.C21H24N2O5.C20H24N2O4/c1-5-15-9-7-10-16-17-11-8-12-23(6-2,13-18(27)28)20(17)25(19(15)16)21(29)22(4,24-30)14(3)26;1-5-14-9-7-10-15-16-11-8-12-22(6-2,13-17(25)26)19(16)24(18(14)15)20(27)21(3,4)23-28;1-4-21(11-16(25)26)10-6-9-14-13-7-5-8-15(17(13)22-18(14)21)19(27)20(3,23-28)12(2)24;1-4-20(11-15(23)24)10-6-9-13-12-7-5-8-14(16(12)21-17(13)20)18(25)19(2,3)22-26/h7,9-10H,5-6,8,11-13H2,1-4H3,(H,27,28);7,9-10H,5-6,8,11-13H2,1-4H3,(H,25,26);5,7-8,22H,4,6,9-11H2,1-3H3,(H,25,26);5,7-8,21H,4,6,9-11H2,1-3H3,(H,23,24). The first-order chi connectivity index (χ1) is 52.8. The van der Waals surface area contributed by atoms with Crippen LogP contribution in [0.1, 0.15) is 286 Å². The third kappa shape index (κ3) is 15.0. The number of fused-ring (bicyclic) bond motifs is 12. The van der Waals surface area contributed by atoms with E-state index in [0.29, 0.717) is 79.2 Å². The molecule has 12 rings (SSSR count). The minimum absolute atomic E-state index is 0.00760. The van der Waals surface area contributed by atoms with Gasteiger partial charge in [0.25, 0.3) is 11.8 Å². The summed E-state index contributed by atoms with van der Waals surface area (Å²) in [7, 11) is 0. The number of nitrogens with one attached hydrogen (secondary N) is 2. The number of carbonyl (C=O) groups excluding carboxylic acids is 6. The summed E-state index contributed by atoms with van der Waals surface area (Å²) in [5, 5.41) is 53.7. The van der Waals surface area contributed by atoms with Gasteiger partial charge in [-0.3, -0.25) is 57.1 Å². The van der Waals surface area contributed by atoms with Crippen molar-refractivity contribution in [3.63, 3.8) is 0 Å². The van der Waals surface area contributed by atoms with Crippen LogP contribution in [0.4, 0.5) is 0 Å². The van der Waals surface area contributed by atoms with Crippen LogP contribution < -0.4 is 0 Å². The number of hydrogen-bond acceptors (Lipinski definition) is 18. The highest BCUT2D eigenvalue weighted by Crippen LogP contribution is 2.52. The number of aromatic amines is 2. The number of carboxylic acid groups (broad SMARTS) is 4. The van der Waals surface area contributed by atoms with E-state index in [0.717, 1.165) is 142 Å². The van der Waals surface area contributed by atoms with E-state index in [9.17, 15) is 88.0 Å². The van der Waals surface area contributed by atoms with Crippen molar-refractivity contribution < 1.29 is 68.4 Å². The van der Waals surface area contributed by atoms with Gasteiger partial charge in [-0.05, 0) is 227 Å². The number of benzene rings is 4. The first-order valence-corrected chi connectivity index (χ1v) is 38.9. The molecule has 4 aromatic heterocycles. The van der Waals surface area contributed by atoms with Crippen molar-refractivity contribution in [3.05, 3.63) is 160 Å². The highest BCUT2D eigenvalue weighted by Gasteiger charge is 2.51. The van der Waals surface area contributed by atoms with Gasteiger partial charge in [0.2, 0.25) is 16.9 Å². The van der Waals surface area contributed by atoms with E-state index in [2.05, 4.69) is 30.7 Å². The predicted octanol–water partition coefficient (Wildman–Crippen LogP) is 17.5. The fraction of sp³-hybridized carbons (Fsp3) is 0.512. The summed E-state index contributed by atoms with van der Waals surface area (Å²) >= 11 is 0. The number of aliphatic carboxylic acids is 4. The number of carboxylic acids is 4. The van der Waals surface area contributed by atoms with Crippen molar-refractivity contribution in [1.82, 2.24) is 19.1 Å². The minimum Gasteiger partial charge on any atom is -0.481 e. The van der Waals surface area contributed by atoms with Crippen molar-refractivity contribution in [2.75, 3.05) is 0 Å². The fourth-order valence-corrected chi connectivity index (χ4v) is 18.2. The van der Waals surface area contributed by atoms with Crippen LogP contribution in [0.15, 0.2) is 93.5 Å². The maximum absolute atomic E-state index is 13.7. The summed E-state index contributed by atoms with van der Waals surface area (Å²) in [5.41, 5.74) is 3.41. The molecule has 112 heavy (non-hydrogen) atoms. The zero-order valence-corrected chi connectivity index (χ0v) is 66.7. The Bertz CT molecular complexity index is 5160. The Morgan fingerprint density at radius 3 is 1.05 bits per heavy atom. The van der Waals surface area contributed by atoms with E-state index in [1.807, 2.05) is 96.1 Å². The second-order valence-electron chi connectivity index (χ2n) is 32.3. The monoisotopic (exact) mass is 1540 g/mol. The fourth-order valence-electron chi connectivity index (χ4n) is 18.2. The predicted molar refractivity (Wildman–Crippen MR) is 427 cm³/mol. The van der Waals surface area contributed by atoms with Crippen molar-refractivity contribution in [2.45, 2.75) is 282 Å². The molecule has 4 aromatic carbocycles. The molecule has 6 N–H and O–H groups in total. The Labute approximate surface area is 649 Å². The van der Waals surface area contributed by atoms with Crippen molar-refractivity contribution >= 4 is 102 Å². The average Bonchev–Trinajstić information content (AvgIpc) is 1.56.